The van der Waals surface area contributed by atoms with E-state index < -0.39 is 0 Å². The number of amides is 1. The number of hydrogen-bond donors (Lipinski definition) is 0. The zero-order valence-electron chi connectivity index (χ0n) is 13.5. The van der Waals surface area contributed by atoms with Crippen molar-refractivity contribution in [3.05, 3.63) is 41.8 Å². The number of likely N-dealkylation sites (N-methyl/N-ethyl adjacent to an activating group) is 1. The van der Waals surface area contributed by atoms with Crippen molar-refractivity contribution in [2.24, 2.45) is 0 Å². The molecule has 1 atom stereocenters. The molecule has 2 aromatic rings. The fourth-order valence-corrected chi connectivity index (χ4v) is 2.16. The van der Waals surface area contributed by atoms with E-state index in [2.05, 4.69) is 4.98 Å². The Hall–Kier alpha value is -2.14. The maximum absolute atomic E-state index is 12.3. The molecule has 0 saturated heterocycles. The van der Waals surface area contributed by atoms with E-state index in [0.717, 1.165) is 5.56 Å². The van der Waals surface area contributed by atoms with Crippen LogP contribution in [0.2, 0.25) is 0 Å². The number of nitrogens with zero attached hydrogens (tertiary/aromatic N) is 2. The van der Waals surface area contributed by atoms with Gasteiger partial charge in [0.25, 0.3) is 0 Å². The average Bonchev–Trinajstić information content (AvgIpc) is 2.88. The average molecular weight is 302 g/mol. The Morgan fingerprint density at radius 1 is 1.36 bits per heavy atom. The SMILES string of the molecule is COC[C@H](C)N(C)C(=O)Cc1nc(-c2ccccc2)oc1C. The molecule has 0 radical (unpaired) electrons. The van der Waals surface area contributed by atoms with Crippen LogP contribution in [0.3, 0.4) is 0 Å². The van der Waals surface area contributed by atoms with Crippen LogP contribution in [0, 0.1) is 6.92 Å². The predicted molar refractivity (Wildman–Crippen MR) is 84.5 cm³/mol. The van der Waals surface area contributed by atoms with Crippen LogP contribution in [0.25, 0.3) is 11.5 Å². The van der Waals surface area contributed by atoms with Gasteiger partial charge in [-0.25, -0.2) is 4.98 Å². The Balaban J connectivity index is 2.11. The highest BCUT2D eigenvalue weighted by molar-refractivity contribution is 5.78. The highest BCUT2D eigenvalue weighted by atomic mass is 16.5. The third kappa shape index (κ3) is 3.74. The van der Waals surface area contributed by atoms with Gasteiger partial charge in [0.05, 0.1) is 24.8 Å². The summed E-state index contributed by atoms with van der Waals surface area (Å²) in [6.45, 7) is 4.29. The maximum Gasteiger partial charge on any atom is 0.228 e. The second kappa shape index (κ2) is 7.22. The molecule has 0 aliphatic heterocycles. The molecule has 0 bridgehead atoms. The molecule has 0 aliphatic carbocycles. The van der Waals surface area contributed by atoms with Gasteiger partial charge in [0.15, 0.2) is 0 Å². The molecule has 1 aromatic heterocycles. The monoisotopic (exact) mass is 302 g/mol. The van der Waals surface area contributed by atoms with E-state index >= 15 is 0 Å². The van der Waals surface area contributed by atoms with Crippen LogP contribution in [-0.4, -0.2) is 42.6 Å². The lowest BCUT2D eigenvalue weighted by Gasteiger charge is -2.24. The number of methoxy groups -OCH3 is 1. The van der Waals surface area contributed by atoms with Crippen LogP contribution in [0.4, 0.5) is 0 Å². The van der Waals surface area contributed by atoms with Crippen molar-refractivity contribution in [3.63, 3.8) is 0 Å². The van der Waals surface area contributed by atoms with Gasteiger partial charge in [0.1, 0.15) is 5.76 Å². The van der Waals surface area contributed by atoms with E-state index in [1.165, 1.54) is 0 Å². The van der Waals surface area contributed by atoms with Crippen molar-refractivity contribution in [1.29, 1.82) is 0 Å². The lowest BCUT2D eigenvalue weighted by molar-refractivity contribution is -0.131. The Morgan fingerprint density at radius 2 is 2.05 bits per heavy atom. The maximum atomic E-state index is 12.3. The summed E-state index contributed by atoms with van der Waals surface area (Å²) >= 11 is 0. The second-order valence-electron chi connectivity index (χ2n) is 5.37. The smallest absolute Gasteiger partial charge is 0.228 e. The van der Waals surface area contributed by atoms with Crippen LogP contribution >= 0.6 is 0 Å². The first kappa shape index (κ1) is 16.2. The minimum atomic E-state index is 0.000520. The molecule has 0 N–H and O–H groups in total. The summed E-state index contributed by atoms with van der Waals surface area (Å²) in [5, 5.41) is 0. The minimum absolute atomic E-state index is 0.000520. The van der Waals surface area contributed by atoms with Crippen LogP contribution in [0.5, 0.6) is 0 Å². The van der Waals surface area contributed by atoms with E-state index in [4.69, 9.17) is 9.15 Å². The van der Waals surface area contributed by atoms with Gasteiger partial charge in [0, 0.05) is 19.7 Å². The second-order valence-corrected chi connectivity index (χ2v) is 5.37. The summed E-state index contributed by atoms with van der Waals surface area (Å²) in [5.41, 5.74) is 1.59. The van der Waals surface area contributed by atoms with Crippen LogP contribution in [0.15, 0.2) is 34.7 Å². The van der Waals surface area contributed by atoms with Gasteiger partial charge in [-0.1, -0.05) is 18.2 Å². The molecule has 0 spiro atoms. The zero-order chi connectivity index (χ0) is 16.1. The van der Waals surface area contributed by atoms with Crippen LogP contribution in [0.1, 0.15) is 18.4 Å². The largest absolute Gasteiger partial charge is 0.441 e. The number of carbonyl (C=O) groups is 1. The topological polar surface area (TPSA) is 55.6 Å². The van der Waals surface area contributed by atoms with E-state index in [-0.39, 0.29) is 18.4 Å². The summed E-state index contributed by atoms with van der Waals surface area (Å²) < 4.78 is 10.8. The summed E-state index contributed by atoms with van der Waals surface area (Å²) in [5.74, 6) is 1.23. The van der Waals surface area contributed by atoms with Gasteiger partial charge < -0.3 is 14.1 Å². The molecule has 0 fully saturated rings. The Labute approximate surface area is 130 Å². The van der Waals surface area contributed by atoms with Crippen molar-refractivity contribution in [1.82, 2.24) is 9.88 Å². The molecule has 118 valence electrons. The molecular weight excluding hydrogens is 280 g/mol. The predicted octanol–water partition coefficient (Wildman–Crippen LogP) is 2.69. The number of hydrogen-bond acceptors (Lipinski definition) is 4. The first-order chi connectivity index (χ1) is 10.5. The lowest BCUT2D eigenvalue weighted by atomic mass is 10.2. The summed E-state index contributed by atoms with van der Waals surface area (Å²) in [4.78, 5) is 18.5. The quantitative estimate of drug-likeness (QED) is 0.823. The standard InChI is InChI=1S/C17H22N2O3/c1-12(11-21-4)19(3)16(20)10-15-13(2)22-17(18-15)14-8-6-5-7-9-14/h5-9,12H,10-11H2,1-4H3/t12-/m0/s1. The van der Waals surface area contributed by atoms with Crippen molar-refractivity contribution >= 4 is 5.91 Å². The summed E-state index contributed by atoms with van der Waals surface area (Å²) in [6.07, 6.45) is 0.229. The number of rotatable bonds is 6. The van der Waals surface area contributed by atoms with E-state index in [1.807, 2.05) is 44.2 Å². The molecule has 0 aliphatic rings. The van der Waals surface area contributed by atoms with Gasteiger partial charge in [-0.15, -0.1) is 0 Å². The minimum Gasteiger partial charge on any atom is -0.441 e. The van der Waals surface area contributed by atoms with Crippen LogP contribution in [-0.2, 0) is 16.0 Å². The van der Waals surface area contributed by atoms with Crippen molar-refractivity contribution in [2.75, 3.05) is 20.8 Å². The third-order valence-corrected chi connectivity index (χ3v) is 3.69. The molecule has 1 aromatic carbocycles. The Kier molecular flexibility index (Phi) is 5.33. The van der Waals surface area contributed by atoms with Gasteiger partial charge in [-0.2, -0.15) is 0 Å². The van der Waals surface area contributed by atoms with Crippen molar-refractivity contribution in [2.45, 2.75) is 26.3 Å². The first-order valence-electron chi connectivity index (χ1n) is 7.29. The Bertz CT molecular complexity index is 622. The zero-order valence-corrected chi connectivity index (χ0v) is 13.5. The Morgan fingerprint density at radius 3 is 2.68 bits per heavy atom. The first-order valence-corrected chi connectivity index (χ1v) is 7.29. The van der Waals surface area contributed by atoms with Crippen LogP contribution < -0.4 is 0 Å². The number of oxazole rings is 1. The normalized spacial score (nSPS) is 12.2. The fraction of sp³-hybridized carbons (Fsp3) is 0.412. The molecule has 1 heterocycles. The molecule has 1 amide bonds. The molecule has 22 heavy (non-hydrogen) atoms. The van der Waals surface area contributed by atoms with Gasteiger partial charge >= 0.3 is 0 Å². The van der Waals surface area contributed by atoms with E-state index in [1.54, 1.807) is 19.1 Å². The lowest BCUT2D eigenvalue weighted by Crippen LogP contribution is -2.38. The summed E-state index contributed by atoms with van der Waals surface area (Å²) in [6, 6.07) is 9.70. The molecule has 2 rings (SSSR count). The number of carbonyl (C=O) groups excluding carboxylic acids is 1. The molecule has 5 heteroatoms. The van der Waals surface area contributed by atoms with E-state index in [9.17, 15) is 4.79 Å². The molecular formula is C17H22N2O3. The number of benzene rings is 1. The van der Waals surface area contributed by atoms with E-state index in [0.29, 0.717) is 24.0 Å². The fourth-order valence-electron chi connectivity index (χ4n) is 2.16. The third-order valence-electron chi connectivity index (χ3n) is 3.69. The number of ether oxygens (including phenoxy) is 1. The van der Waals surface area contributed by atoms with Gasteiger partial charge in [0.2, 0.25) is 11.8 Å². The molecule has 5 nitrogen and oxygen atoms in total. The van der Waals surface area contributed by atoms with Gasteiger partial charge in [-0.3, -0.25) is 4.79 Å². The number of aromatic nitrogens is 1. The summed E-state index contributed by atoms with van der Waals surface area (Å²) in [7, 11) is 3.41. The number of aryl methyl sites for hydroxylation is 1. The molecule has 0 saturated carbocycles. The van der Waals surface area contributed by atoms with Gasteiger partial charge in [-0.05, 0) is 26.0 Å². The van der Waals surface area contributed by atoms with Crippen molar-refractivity contribution < 1.29 is 13.9 Å². The highest BCUT2D eigenvalue weighted by Crippen LogP contribution is 2.22. The molecule has 0 unspecified atom stereocenters. The van der Waals surface area contributed by atoms with Crippen molar-refractivity contribution in [3.8, 4) is 11.5 Å². The highest BCUT2D eigenvalue weighted by Gasteiger charge is 2.20.